The predicted octanol–water partition coefficient (Wildman–Crippen LogP) is 4.47. The molecule has 1 atom stereocenters. The number of likely N-dealkylation sites (tertiary alicyclic amines) is 1. The van der Waals surface area contributed by atoms with Crippen LogP contribution in [0, 0.1) is 0 Å². The van der Waals surface area contributed by atoms with E-state index in [4.69, 9.17) is 0 Å². The Hall–Kier alpha value is -2.85. The van der Waals surface area contributed by atoms with Crippen LogP contribution in [-0.2, 0) is 0 Å². The van der Waals surface area contributed by atoms with Crippen LogP contribution in [0.25, 0.3) is 10.8 Å². The average Bonchev–Trinajstić information content (AvgIpc) is 3.28. The van der Waals surface area contributed by atoms with Crippen LogP contribution in [0.3, 0.4) is 0 Å². The molecule has 0 spiro atoms. The molecule has 0 saturated carbocycles. The van der Waals surface area contributed by atoms with Crippen LogP contribution in [0.4, 0.5) is 5.69 Å². The van der Waals surface area contributed by atoms with Gasteiger partial charge in [0.15, 0.2) is 0 Å². The van der Waals surface area contributed by atoms with Crippen molar-refractivity contribution in [3.63, 3.8) is 0 Å². The lowest BCUT2D eigenvalue weighted by Crippen LogP contribution is -2.36. The van der Waals surface area contributed by atoms with Crippen molar-refractivity contribution in [1.29, 1.82) is 0 Å². The van der Waals surface area contributed by atoms with Gasteiger partial charge in [-0.05, 0) is 66.5 Å². The molecule has 0 radical (unpaired) electrons. The summed E-state index contributed by atoms with van der Waals surface area (Å²) in [5.41, 5.74) is 3.16. The van der Waals surface area contributed by atoms with Gasteiger partial charge in [0.05, 0.1) is 6.04 Å². The molecule has 3 aromatic rings. The Labute approximate surface area is 173 Å². The Bertz CT molecular complexity index is 975. The van der Waals surface area contributed by atoms with Crippen LogP contribution in [0.1, 0.15) is 34.8 Å². The number of nitrogens with one attached hydrogen (secondary N) is 1. The first-order valence-electron chi connectivity index (χ1n) is 10.4. The van der Waals surface area contributed by atoms with Crippen LogP contribution < -0.4 is 10.2 Å². The number of hydrogen-bond acceptors (Lipinski definition) is 3. The topological polar surface area (TPSA) is 35.6 Å². The molecule has 1 heterocycles. The normalized spacial score (nSPS) is 15.4. The maximum absolute atomic E-state index is 12.8. The fourth-order valence-corrected chi connectivity index (χ4v) is 4.13. The minimum absolute atomic E-state index is 0.00939. The summed E-state index contributed by atoms with van der Waals surface area (Å²) in [6.45, 7) is 2.80. The Balaban J connectivity index is 1.50. The fraction of sp³-hybridized carbons (Fsp3) is 0.320. The van der Waals surface area contributed by atoms with Gasteiger partial charge in [-0.15, -0.1) is 0 Å². The summed E-state index contributed by atoms with van der Waals surface area (Å²) in [7, 11) is 4.10. The average molecular weight is 388 g/mol. The first kappa shape index (κ1) is 19.5. The largest absolute Gasteiger partial charge is 0.378 e. The molecule has 4 rings (SSSR count). The van der Waals surface area contributed by atoms with Crippen molar-refractivity contribution in [2.24, 2.45) is 0 Å². The Morgan fingerprint density at radius 2 is 1.66 bits per heavy atom. The summed E-state index contributed by atoms with van der Waals surface area (Å²) < 4.78 is 0. The van der Waals surface area contributed by atoms with E-state index in [2.05, 4.69) is 59.5 Å². The monoisotopic (exact) mass is 387 g/mol. The molecule has 0 bridgehead atoms. The lowest BCUT2D eigenvalue weighted by molar-refractivity contribution is 0.0938. The molecular weight excluding hydrogens is 358 g/mol. The van der Waals surface area contributed by atoms with Crippen LogP contribution in [-0.4, -0.2) is 44.5 Å². The van der Waals surface area contributed by atoms with E-state index >= 15 is 0 Å². The number of carbonyl (C=O) groups is 1. The van der Waals surface area contributed by atoms with Crippen LogP contribution in [0.2, 0.25) is 0 Å². The van der Waals surface area contributed by atoms with E-state index in [1.165, 1.54) is 24.1 Å². The molecule has 150 valence electrons. The highest BCUT2D eigenvalue weighted by molar-refractivity contribution is 5.98. The van der Waals surface area contributed by atoms with Crippen molar-refractivity contribution in [2.75, 3.05) is 38.6 Å². The lowest BCUT2D eigenvalue weighted by atomic mass is 10.0. The smallest absolute Gasteiger partial charge is 0.251 e. The summed E-state index contributed by atoms with van der Waals surface area (Å²) in [4.78, 5) is 17.4. The number of anilines is 1. The third-order valence-electron chi connectivity index (χ3n) is 5.84. The summed E-state index contributed by atoms with van der Waals surface area (Å²) in [6, 6.07) is 22.9. The number of rotatable bonds is 6. The SMILES string of the molecule is CN(C)c1ccc([C@H](CNC(=O)c2ccc3ccccc3c2)N2CCCC2)cc1. The molecular formula is C25H29N3O. The van der Waals surface area contributed by atoms with E-state index in [0.717, 1.165) is 23.9 Å². The maximum atomic E-state index is 12.8. The number of carbonyl (C=O) groups excluding carboxylic acids is 1. The Morgan fingerprint density at radius 3 is 2.34 bits per heavy atom. The molecule has 1 amide bonds. The first-order chi connectivity index (χ1) is 14.1. The van der Waals surface area contributed by atoms with E-state index in [-0.39, 0.29) is 11.9 Å². The fourth-order valence-electron chi connectivity index (χ4n) is 4.13. The van der Waals surface area contributed by atoms with Gasteiger partial charge in [0.2, 0.25) is 0 Å². The van der Waals surface area contributed by atoms with Crippen LogP contribution in [0.5, 0.6) is 0 Å². The lowest BCUT2D eigenvalue weighted by Gasteiger charge is -2.28. The van der Waals surface area contributed by atoms with Gasteiger partial charge in [0.1, 0.15) is 0 Å². The number of amides is 1. The van der Waals surface area contributed by atoms with Crippen molar-refractivity contribution in [3.05, 3.63) is 77.9 Å². The van der Waals surface area contributed by atoms with Gasteiger partial charge >= 0.3 is 0 Å². The van der Waals surface area contributed by atoms with E-state index < -0.39 is 0 Å². The standard InChI is InChI=1S/C25H29N3O/c1-27(2)23-13-11-20(12-14-23)24(28-15-5-6-16-28)18-26-25(29)22-10-9-19-7-3-4-8-21(19)17-22/h3-4,7-14,17,24H,5-6,15-16,18H2,1-2H3,(H,26,29)/t24-/m0/s1. The van der Waals surface area contributed by atoms with Gasteiger partial charge in [0, 0.05) is 31.9 Å². The van der Waals surface area contributed by atoms with E-state index in [1.54, 1.807) is 0 Å². The van der Waals surface area contributed by atoms with Crippen LogP contribution in [0.15, 0.2) is 66.7 Å². The molecule has 1 fully saturated rings. The highest BCUT2D eigenvalue weighted by atomic mass is 16.1. The molecule has 4 heteroatoms. The molecule has 1 N–H and O–H groups in total. The molecule has 1 aliphatic heterocycles. The highest BCUT2D eigenvalue weighted by Gasteiger charge is 2.24. The van der Waals surface area contributed by atoms with Crippen molar-refractivity contribution in [2.45, 2.75) is 18.9 Å². The van der Waals surface area contributed by atoms with Gasteiger partial charge in [-0.3, -0.25) is 9.69 Å². The molecule has 3 aromatic carbocycles. The zero-order valence-corrected chi connectivity index (χ0v) is 17.3. The molecule has 4 nitrogen and oxygen atoms in total. The third-order valence-corrected chi connectivity index (χ3v) is 5.84. The van der Waals surface area contributed by atoms with Gasteiger partial charge in [-0.2, -0.15) is 0 Å². The molecule has 0 aromatic heterocycles. The molecule has 1 aliphatic rings. The van der Waals surface area contributed by atoms with Crippen molar-refractivity contribution in [3.8, 4) is 0 Å². The van der Waals surface area contributed by atoms with Gasteiger partial charge < -0.3 is 10.2 Å². The molecule has 0 aliphatic carbocycles. The highest BCUT2D eigenvalue weighted by Crippen LogP contribution is 2.26. The van der Waals surface area contributed by atoms with Gasteiger partial charge in [-0.25, -0.2) is 0 Å². The Morgan fingerprint density at radius 1 is 0.966 bits per heavy atom. The Kier molecular flexibility index (Phi) is 5.81. The quantitative estimate of drug-likeness (QED) is 0.678. The second-order valence-electron chi connectivity index (χ2n) is 8.02. The zero-order valence-electron chi connectivity index (χ0n) is 17.3. The molecule has 1 saturated heterocycles. The summed E-state index contributed by atoms with van der Waals surface area (Å²) in [5.74, 6) is -0.00939. The van der Waals surface area contributed by atoms with E-state index in [1.807, 2.05) is 36.4 Å². The molecule has 0 unspecified atom stereocenters. The number of benzene rings is 3. The van der Waals surface area contributed by atoms with E-state index in [0.29, 0.717) is 12.1 Å². The molecule has 29 heavy (non-hydrogen) atoms. The summed E-state index contributed by atoms with van der Waals surface area (Å²) in [6.07, 6.45) is 2.45. The van der Waals surface area contributed by atoms with Crippen molar-refractivity contribution in [1.82, 2.24) is 10.2 Å². The zero-order chi connectivity index (χ0) is 20.2. The number of fused-ring (bicyclic) bond motifs is 1. The van der Waals surface area contributed by atoms with Crippen molar-refractivity contribution >= 4 is 22.4 Å². The third kappa shape index (κ3) is 4.43. The number of hydrogen-bond donors (Lipinski definition) is 1. The minimum atomic E-state index is -0.00939. The van der Waals surface area contributed by atoms with Gasteiger partial charge in [-0.1, -0.05) is 42.5 Å². The number of nitrogens with zero attached hydrogens (tertiary/aromatic N) is 2. The van der Waals surface area contributed by atoms with Gasteiger partial charge in [0.25, 0.3) is 5.91 Å². The second kappa shape index (κ2) is 8.66. The second-order valence-corrected chi connectivity index (χ2v) is 8.02. The predicted molar refractivity (Wildman–Crippen MR) is 121 cm³/mol. The van der Waals surface area contributed by atoms with Crippen LogP contribution >= 0.6 is 0 Å². The first-order valence-corrected chi connectivity index (χ1v) is 10.4. The van der Waals surface area contributed by atoms with E-state index in [9.17, 15) is 4.79 Å². The summed E-state index contributed by atoms with van der Waals surface area (Å²) >= 11 is 0. The minimum Gasteiger partial charge on any atom is -0.378 e. The summed E-state index contributed by atoms with van der Waals surface area (Å²) in [5, 5.41) is 5.43. The van der Waals surface area contributed by atoms with Crippen molar-refractivity contribution < 1.29 is 4.79 Å². The maximum Gasteiger partial charge on any atom is 0.251 e.